The monoisotopic (exact) mass is 548 g/mol. The van der Waals surface area contributed by atoms with Crippen LogP contribution in [0.1, 0.15) is 73.8 Å². The van der Waals surface area contributed by atoms with E-state index in [1.54, 1.807) is 0 Å². The Morgan fingerprint density at radius 3 is 1.97 bits per heavy atom. The predicted molar refractivity (Wildman–Crippen MR) is 136 cm³/mol. The van der Waals surface area contributed by atoms with E-state index in [1.165, 1.54) is 0 Å². The molecule has 0 aromatic heterocycles. The van der Waals surface area contributed by atoms with E-state index in [4.69, 9.17) is 16.0 Å². The van der Waals surface area contributed by atoms with Crippen LogP contribution in [0, 0.1) is 5.41 Å². The van der Waals surface area contributed by atoms with Crippen molar-refractivity contribution in [3.05, 3.63) is 46.7 Å². The third-order valence-electron chi connectivity index (χ3n) is 6.99. The Morgan fingerprint density at radius 2 is 1.52 bits per heavy atom. The highest BCUT2D eigenvalue weighted by molar-refractivity contribution is 14.1. The number of rotatable bonds is 6. The number of hydrogen-bond donors (Lipinski definition) is 1. The van der Waals surface area contributed by atoms with Crippen LogP contribution in [0.2, 0.25) is 21.6 Å². The summed E-state index contributed by atoms with van der Waals surface area (Å²) >= 11 is 8.62. The third kappa shape index (κ3) is 4.75. The maximum atomic E-state index is 11.9. The minimum atomic E-state index is -2.07. The second-order valence-electron chi connectivity index (χ2n) is 10.2. The second kappa shape index (κ2) is 9.21. The molecule has 0 bridgehead atoms. The molecule has 0 heterocycles. The van der Waals surface area contributed by atoms with Gasteiger partial charge in [-0.1, -0.05) is 102 Å². The van der Waals surface area contributed by atoms with E-state index in [1.807, 2.05) is 30.5 Å². The standard InChI is InChI=1S/C24H38ClIO2Si/c1-16(2)29(17(3)4,18(5)6)28-15-21-22(26)23(7,8)13-14-24(21,27)19-9-11-20(25)12-10-19/h9-12,15-18,22,27H,13-14H2,1-8H3. The van der Waals surface area contributed by atoms with Crippen molar-refractivity contribution >= 4 is 42.5 Å². The molecule has 0 spiro atoms. The Bertz CT molecular complexity index is 705. The van der Waals surface area contributed by atoms with Crippen molar-refractivity contribution in [3.8, 4) is 0 Å². The van der Waals surface area contributed by atoms with Crippen molar-refractivity contribution in [2.24, 2.45) is 5.41 Å². The molecule has 0 aliphatic heterocycles. The highest BCUT2D eigenvalue weighted by atomic mass is 127. The molecule has 2 atom stereocenters. The number of aliphatic hydroxyl groups is 1. The zero-order valence-corrected chi connectivity index (χ0v) is 23.1. The van der Waals surface area contributed by atoms with Crippen LogP contribution < -0.4 is 0 Å². The van der Waals surface area contributed by atoms with Gasteiger partial charge in [0.15, 0.2) is 0 Å². The molecule has 2 nitrogen and oxygen atoms in total. The molecule has 29 heavy (non-hydrogen) atoms. The van der Waals surface area contributed by atoms with Crippen molar-refractivity contribution in [2.75, 3.05) is 0 Å². The molecule has 1 aromatic rings. The van der Waals surface area contributed by atoms with E-state index < -0.39 is 13.9 Å². The van der Waals surface area contributed by atoms with E-state index in [2.05, 4.69) is 78.0 Å². The largest absolute Gasteiger partial charge is 0.548 e. The molecule has 1 N–H and O–H groups in total. The summed E-state index contributed by atoms with van der Waals surface area (Å²) in [4.78, 5) is 0. The van der Waals surface area contributed by atoms with Gasteiger partial charge in [-0.05, 0) is 52.6 Å². The van der Waals surface area contributed by atoms with E-state index in [0.29, 0.717) is 28.1 Å². The van der Waals surface area contributed by atoms with Crippen molar-refractivity contribution in [1.29, 1.82) is 0 Å². The lowest BCUT2D eigenvalue weighted by atomic mass is 9.66. The zero-order chi connectivity index (χ0) is 22.2. The fraction of sp³-hybridized carbons (Fsp3) is 0.667. The number of benzene rings is 1. The normalized spacial score (nSPS) is 26.6. The molecule has 1 fully saturated rings. The maximum absolute atomic E-state index is 11.9. The topological polar surface area (TPSA) is 29.5 Å². The van der Waals surface area contributed by atoms with Gasteiger partial charge in [0.25, 0.3) is 8.32 Å². The molecule has 1 aliphatic carbocycles. The molecule has 5 heteroatoms. The van der Waals surface area contributed by atoms with Crippen molar-refractivity contribution in [3.63, 3.8) is 0 Å². The molecule has 164 valence electrons. The first-order chi connectivity index (χ1) is 13.3. The lowest BCUT2D eigenvalue weighted by molar-refractivity contribution is 0.0232. The summed E-state index contributed by atoms with van der Waals surface area (Å²) in [5.74, 6) is 0. The second-order valence-corrected chi connectivity index (χ2v) is 17.3. The highest BCUT2D eigenvalue weighted by Gasteiger charge is 2.50. The van der Waals surface area contributed by atoms with Gasteiger partial charge in [0, 0.05) is 14.5 Å². The summed E-state index contributed by atoms with van der Waals surface area (Å²) in [6.45, 7) is 18.3. The van der Waals surface area contributed by atoms with E-state index >= 15 is 0 Å². The van der Waals surface area contributed by atoms with Gasteiger partial charge in [0.05, 0.1) is 6.26 Å². The Hall–Kier alpha value is -0.0431. The Kier molecular flexibility index (Phi) is 8.01. The van der Waals surface area contributed by atoms with Crippen LogP contribution in [0.5, 0.6) is 0 Å². The van der Waals surface area contributed by atoms with Gasteiger partial charge in [-0.25, -0.2) is 0 Å². The van der Waals surface area contributed by atoms with Crippen LogP contribution in [-0.2, 0) is 10.0 Å². The fourth-order valence-electron chi connectivity index (χ4n) is 5.17. The minimum absolute atomic E-state index is 0.103. The summed E-state index contributed by atoms with van der Waals surface area (Å²) in [5.41, 5.74) is 2.46. The van der Waals surface area contributed by atoms with Gasteiger partial charge in [0.1, 0.15) is 5.60 Å². The number of hydrogen-bond acceptors (Lipinski definition) is 2. The van der Waals surface area contributed by atoms with Crippen molar-refractivity contribution in [1.82, 2.24) is 0 Å². The van der Waals surface area contributed by atoms with Gasteiger partial charge < -0.3 is 9.53 Å². The maximum Gasteiger partial charge on any atom is 0.257 e. The Labute approximate surface area is 197 Å². The lowest BCUT2D eigenvalue weighted by Crippen LogP contribution is -2.48. The zero-order valence-electron chi connectivity index (χ0n) is 19.2. The van der Waals surface area contributed by atoms with E-state index in [9.17, 15) is 5.11 Å². The summed E-state index contributed by atoms with van der Waals surface area (Å²) in [6.07, 6.45) is 3.62. The van der Waals surface area contributed by atoms with Gasteiger partial charge in [-0.3, -0.25) is 0 Å². The van der Waals surface area contributed by atoms with Gasteiger partial charge in [0.2, 0.25) is 0 Å². The fourth-order valence-corrected chi connectivity index (χ4v) is 11.4. The molecular weight excluding hydrogens is 511 g/mol. The van der Waals surface area contributed by atoms with Crippen LogP contribution in [0.4, 0.5) is 0 Å². The Morgan fingerprint density at radius 1 is 1.03 bits per heavy atom. The summed E-state index contributed by atoms with van der Waals surface area (Å²) in [7, 11) is -2.07. The first-order valence-electron chi connectivity index (χ1n) is 10.8. The van der Waals surface area contributed by atoms with Crippen LogP contribution in [-0.4, -0.2) is 17.3 Å². The average molecular weight is 549 g/mol. The van der Waals surface area contributed by atoms with E-state index in [-0.39, 0.29) is 9.34 Å². The van der Waals surface area contributed by atoms with E-state index in [0.717, 1.165) is 17.6 Å². The number of alkyl halides is 1. The smallest absolute Gasteiger partial charge is 0.257 e. The lowest BCUT2D eigenvalue weighted by Gasteiger charge is -2.48. The van der Waals surface area contributed by atoms with Crippen LogP contribution in [0.25, 0.3) is 0 Å². The quantitative estimate of drug-likeness (QED) is 0.168. The third-order valence-corrected chi connectivity index (χ3v) is 15.5. The predicted octanol–water partition coefficient (Wildman–Crippen LogP) is 8.23. The molecule has 0 saturated heterocycles. The summed E-state index contributed by atoms with van der Waals surface area (Å²) in [6, 6.07) is 7.64. The molecule has 1 aliphatic rings. The molecular formula is C24H38ClIO2Si. The van der Waals surface area contributed by atoms with Crippen molar-refractivity contribution < 1.29 is 9.53 Å². The van der Waals surface area contributed by atoms with Crippen LogP contribution in [0.3, 0.4) is 0 Å². The highest BCUT2D eigenvalue weighted by Crippen LogP contribution is 2.53. The van der Waals surface area contributed by atoms with Gasteiger partial charge in [-0.2, -0.15) is 0 Å². The van der Waals surface area contributed by atoms with Gasteiger partial charge in [-0.15, -0.1) is 0 Å². The molecule has 2 rings (SSSR count). The minimum Gasteiger partial charge on any atom is -0.548 e. The average Bonchev–Trinajstić information content (AvgIpc) is 2.61. The van der Waals surface area contributed by atoms with Crippen molar-refractivity contribution in [2.45, 2.75) is 94.4 Å². The first-order valence-corrected chi connectivity index (χ1v) is 14.6. The first kappa shape index (κ1) is 25.2. The molecule has 1 aromatic carbocycles. The summed E-state index contributed by atoms with van der Waals surface area (Å²) in [5, 5.41) is 12.6. The SMILES string of the molecule is CC(C)[Si](OC=C1C(I)C(C)(C)CCC1(O)c1ccc(Cl)cc1)(C(C)C)C(C)C. The van der Waals surface area contributed by atoms with Crippen LogP contribution in [0.15, 0.2) is 36.1 Å². The molecule has 2 unspecified atom stereocenters. The Balaban J connectivity index is 2.58. The molecule has 0 amide bonds. The van der Waals surface area contributed by atoms with Crippen LogP contribution >= 0.6 is 34.2 Å². The summed E-state index contributed by atoms with van der Waals surface area (Å²) < 4.78 is 7.03. The molecule has 1 saturated carbocycles. The van der Waals surface area contributed by atoms with Gasteiger partial charge >= 0.3 is 0 Å². The molecule has 0 radical (unpaired) electrons. The number of halogens is 2.